The summed E-state index contributed by atoms with van der Waals surface area (Å²) < 4.78 is 16.5. The van der Waals surface area contributed by atoms with Crippen molar-refractivity contribution in [2.24, 2.45) is 0 Å². The molecule has 4 rings (SSSR count). The van der Waals surface area contributed by atoms with Gasteiger partial charge in [-0.1, -0.05) is 19.3 Å². The van der Waals surface area contributed by atoms with Gasteiger partial charge in [0, 0.05) is 31.6 Å². The number of morpholine rings is 1. The van der Waals surface area contributed by atoms with E-state index in [4.69, 9.17) is 14.2 Å². The van der Waals surface area contributed by atoms with Crippen LogP contribution in [0.5, 0.6) is 11.5 Å². The molecule has 2 amide bonds. The molecule has 0 unspecified atom stereocenters. The van der Waals surface area contributed by atoms with Gasteiger partial charge in [-0.25, -0.2) is 4.79 Å². The monoisotopic (exact) mass is 374 g/mol. The molecule has 2 fully saturated rings. The van der Waals surface area contributed by atoms with Crippen LogP contribution in [0.3, 0.4) is 0 Å². The van der Waals surface area contributed by atoms with E-state index in [1.54, 1.807) is 14.2 Å². The summed E-state index contributed by atoms with van der Waals surface area (Å²) in [6.45, 7) is 4.06. The Hall–Kier alpha value is -1.95. The number of rotatable bonds is 2. The van der Waals surface area contributed by atoms with Gasteiger partial charge in [-0.3, -0.25) is 0 Å². The fourth-order valence-electron chi connectivity index (χ4n) is 5.00. The average Bonchev–Trinajstić information content (AvgIpc) is 2.73. The van der Waals surface area contributed by atoms with E-state index in [0.717, 1.165) is 30.9 Å². The van der Waals surface area contributed by atoms with Crippen molar-refractivity contribution in [2.45, 2.75) is 44.1 Å². The summed E-state index contributed by atoms with van der Waals surface area (Å²) >= 11 is 0. The lowest BCUT2D eigenvalue weighted by atomic mass is 9.66. The summed E-state index contributed by atoms with van der Waals surface area (Å²) in [4.78, 5) is 17.2. The van der Waals surface area contributed by atoms with E-state index in [0.29, 0.717) is 32.8 Å². The highest BCUT2D eigenvalue weighted by atomic mass is 16.5. The Balaban J connectivity index is 1.70. The van der Waals surface area contributed by atoms with Crippen LogP contribution in [0.25, 0.3) is 0 Å². The summed E-state index contributed by atoms with van der Waals surface area (Å²) in [6.07, 6.45) is 5.97. The van der Waals surface area contributed by atoms with Crippen molar-refractivity contribution in [3.63, 3.8) is 0 Å². The minimum absolute atomic E-state index is 0.0351. The smallest absolute Gasteiger partial charge is 0.320 e. The number of nitrogens with zero attached hydrogens (tertiary/aromatic N) is 2. The number of hydrogen-bond acceptors (Lipinski definition) is 4. The molecule has 0 bridgehead atoms. The lowest BCUT2D eigenvalue weighted by Gasteiger charge is -2.47. The zero-order valence-corrected chi connectivity index (χ0v) is 16.5. The average molecular weight is 374 g/mol. The maximum Gasteiger partial charge on any atom is 0.320 e. The Bertz CT molecular complexity index is 694. The number of carbonyl (C=O) groups excluding carboxylic acids is 1. The molecule has 6 heteroatoms. The maximum absolute atomic E-state index is 13.2. The Morgan fingerprint density at radius 3 is 2.33 bits per heavy atom. The topological polar surface area (TPSA) is 51.2 Å². The molecule has 1 saturated carbocycles. The molecule has 1 aliphatic carbocycles. The maximum atomic E-state index is 13.2. The fraction of sp³-hybridized carbons (Fsp3) is 0.667. The van der Waals surface area contributed by atoms with Crippen molar-refractivity contribution in [1.29, 1.82) is 0 Å². The van der Waals surface area contributed by atoms with E-state index < -0.39 is 0 Å². The van der Waals surface area contributed by atoms with Gasteiger partial charge in [0.05, 0.1) is 27.4 Å². The molecule has 6 nitrogen and oxygen atoms in total. The Kier molecular flexibility index (Phi) is 5.17. The van der Waals surface area contributed by atoms with Crippen LogP contribution in [0.4, 0.5) is 4.79 Å². The number of methoxy groups -OCH3 is 2. The minimum atomic E-state index is 0.0351. The summed E-state index contributed by atoms with van der Waals surface area (Å²) in [5, 5.41) is 0. The van der Waals surface area contributed by atoms with Gasteiger partial charge in [-0.2, -0.15) is 0 Å². The highest BCUT2D eigenvalue weighted by molar-refractivity contribution is 5.75. The zero-order chi connectivity index (χ0) is 18.9. The van der Waals surface area contributed by atoms with E-state index in [1.807, 2.05) is 9.80 Å². The summed E-state index contributed by atoms with van der Waals surface area (Å²) in [5.74, 6) is 1.53. The normalized spacial score (nSPS) is 21.7. The molecule has 148 valence electrons. The van der Waals surface area contributed by atoms with Gasteiger partial charge < -0.3 is 24.0 Å². The van der Waals surface area contributed by atoms with Crippen LogP contribution in [0.1, 0.15) is 43.2 Å². The Morgan fingerprint density at radius 1 is 1.00 bits per heavy atom. The largest absolute Gasteiger partial charge is 0.493 e. The summed E-state index contributed by atoms with van der Waals surface area (Å²) in [6, 6.07) is 4.38. The van der Waals surface area contributed by atoms with Gasteiger partial charge in [0.1, 0.15) is 0 Å². The van der Waals surface area contributed by atoms with Gasteiger partial charge in [-0.15, -0.1) is 0 Å². The second kappa shape index (κ2) is 7.58. The predicted octanol–water partition coefficient (Wildman–Crippen LogP) is 3.17. The standard InChI is InChI=1S/C21H30N2O4/c1-25-18-12-16-14-23(20(24)22-8-10-27-11-9-22)15-21(6-4-3-5-7-21)17(16)13-19(18)26-2/h12-13H,3-11,14-15H2,1-2H3. The molecular formula is C21H30N2O4. The highest BCUT2D eigenvalue weighted by Crippen LogP contribution is 2.47. The number of benzene rings is 1. The molecule has 1 aromatic carbocycles. The molecule has 0 atom stereocenters. The van der Waals surface area contributed by atoms with Crippen LogP contribution in [0, 0.1) is 0 Å². The van der Waals surface area contributed by atoms with E-state index in [1.165, 1.54) is 30.4 Å². The molecular weight excluding hydrogens is 344 g/mol. The Morgan fingerprint density at radius 2 is 1.67 bits per heavy atom. The van der Waals surface area contributed by atoms with E-state index in [-0.39, 0.29) is 11.4 Å². The predicted molar refractivity (Wildman–Crippen MR) is 103 cm³/mol. The number of hydrogen-bond donors (Lipinski definition) is 0. The lowest BCUT2D eigenvalue weighted by Crippen LogP contribution is -2.54. The van der Waals surface area contributed by atoms with Gasteiger partial charge >= 0.3 is 6.03 Å². The third-order valence-electron chi connectivity index (χ3n) is 6.40. The molecule has 2 heterocycles. The molecule has 1 saturated heterocycles. The summed E-state index contributed by atoms with van der Waals surface area (Å²) in [5.41, 5.74) is 2.58. The third kappa shape index (κ3) is 3.35. The molecule has 0 aromatic heterocycles. The SMILES string of the molecule is COc1cc2c(cc1OC)C1(CCCCC1)CN(C(=O)N1CCOCC1)C2. The number of urea groups is 1. The first-order valence-electron chi connectivity index (χ1n) is 10.0. The molecule has 0 N–H and O–H groups in total. The molecule has 3 aliphatic rings. The van der Waals surface area contributed by atoms with Crippen LogP contribution in [-0.2, 0) is 16.7 Å². The van der Waals surface area contributed by atoms with E-state index >= 15 is 0 Å². The number of fused-ring (bicyclic) bond motifs is 2. The van der Waals surface area contributed by atoms with Crippen LogP contribution in [-0.4, -0.2) is 62.9 Å². The Labute approximate surface area is 161 Å². The minimum Gasteiger partial charge on any atom is -0.493 e. The van der Waals surface area contributed by atoms with Crippen molar-refractivity contribution in [3.05, 3.63) is 23.3 Å². The highest BCUT2D eigenvalue weighted by Gasteiger charge is 2.43. The van der Waals surface area contributed by atoms with Crippen LogP contribution >= 0.6 is 0 Å². The second-order valence-electron chi connectivity index (χ2n) is 7.94. The van der Waals surface area contributed by atoms with Crippen molar-refractivity contribution < 1.29 is 19.0 Å². The third-order valence-corrected chi connectivity index (χ3v) is 6.40. The number of carbonyl (C=O) groups is 1. The van der Waals surface area contributed by atoms with Crippen molar-refractivity contribution in [2.75, 3.05) is 47.1 Å². The van der Waals surface area contributed by atoms with Gasteiger partial charge in [0.15, 0.2) is 11.5 Å². The second-order valence-corrected chi connectivity index (χ2v) is 7.94. The molecule has 1 spiro atoms. The number of ether oxygens (including phenoxy) is 3. The fourth-order valence-corrected chi connectivity index (χ4v) is 5.00. The van der Waals surface area contributed by atoms with Crippen LogP contribution in [0.15, 0.2) is 12.1 Å². The van der Waals surface area contributed by atoms with Crippen LogP contribution in [0.2, 0.25) is 0 Å². The first-order chi connectivity index (χ1) is 13.2. The molecule has 27 heavy (non-hydrogen) atoms. The van der Waals surface area contributed by atoms with Gasteiger partial charge in [0.2, 0.25) is 0 Å². The quantitative estimate of drug-likeness (QED) is 0.798. The van der Waals surface area contributed by atoms with Crippen LogP contribution < -0.4 is 9.47 Å². The first kappa shape index (κ1) is 18.4. The van der Waals surface area contributed by atoms with E-state index in [9.17, 15) is 4.79 Å². The molecule has 1 aromatic rings. The van der Waals surface area contributed by atoms with Crippen molar-refractivity contribution in [3.8, 4) is 11.5 Å². The van der Waals surface area contributed by atoms with Gasteiger partial charge in [0.25, 0.3) is 0 Å². The van der Waals surface area contributed by atoms with Gasteiger partial charge in [-0.05, 0) is 36.1 Å². The lowest BCUT2D eigenvalue weighted by molar-refractivity contribution is 0.0373. The first-order valence-corrected chi connectivity index (χ1v) is 10.0. The number of amides is 2. The molecule has 0 radical (unpaired) electrons. The summed E-state index contributed by atoms with van der Waals surface area (Å²) in [7, 11) is 3.36. The van der Waals surface area contributed by atoms with E-state index in [2.05, 4.69) is 12.1 Å². The zero-order valence-electron chi connectivity index (χ0n) is 16.5. The van der Waals surface area contributed by atoms with Crippen molar-refractivity contribution in [1.82, 2.24) is 9.80 Å². The molecule has 2 aliphatic heterocycles. The van der Waals surface area contributed by atoms with Crippen molar-refractivity contribution >= 4 is 6.03 Å².